The van der Waals surface area contributed by atoms with Crippen LogP contribution in [0.15, 0.2) is 11.1 Å². The van der Waals surface area contributed by atoms with Crippen LogP contribution in [-0.4, -0.2) is 37.5 Å². The van der Waals surface area contributed by atoms with Gasteiger partial charge >= 0.3 is 5.69 Å². The highest BCUT2D eigenvalue weighted by atomic mass is 16.3. The molecule has 0 unspecified atom stereocenters. The van der Waals surface area contributed by atoms with E-state index >= 15 is 0 Å². The Morgan fingerprint density at radius 2 is 2.38 bits per heavy atom. The van der Waals surface area contributed by atoms with Crippen LogP contribution in [0, 0.1) is 0 Å². The number of aliphatic hydroxyl groups excluding tert-OH is 2. The summed E-state index contributed by atoms with van der Waals surface area (Å²) in [6.07, 6.45) is 0.175. The molecule has 0 aromatic carbocycles. The number of rotatable bonds is 3. The molecule has 0 saturated carbocycles. The number of aliphatic hydroxyl groups is 2. The number of aromatic nitrogens is 3. The summed E-state index contributed by atoms with van der Waals surface area (Å²) in [5.41, 5.74) is 4.55. The van der Waals surface area contributed by atoms with Gasteiger partial charge in [-0.2, -0.15) is 4.98 Å². The molecule has 0 fully saturated rings. The molecule has 4 N–H and O–H groups in total. The first kappa shape index (κ1) is 9.62. The molecular formula is C6H10N4O3. The fourth-order valence-corrected chi connectivity index (χ4v) is 0.779. The highest BCUT2D eigenvalue weighted by Crippen LogP contribution is 1.87. The Labute approximate surface area is 73.5 Å². The molecule has 72 valence electrons. The second kappa shape index (κ2) is 3.97. The number of hydrogen-bond acceptors (Lipinski definition) is 6. The largest absolute Gasteiger partial charge is 0.394 e. The summed E-state index contributed by atoms with van der Waals surface area (Å²) in [5.74, 6) is -0.111. The van der Waals surface area contributed by atoms with Crippen molar-refractivity contribution in [1.29, 1.82) is 0 Å². The molecule has 0 aliphatic heterocycles. The van der Waals surface area contributed by atoms with Crippen LogP contribution in [0.3, 0.4) is 0 Å². The summed E-state index contributed by atoms with van der Waals surface area (Å²) in [5, 5.41) is 17.5. The van der Waals surface area contributed by atoms with Crippen LogP contribution < -0.4 is 11.4 Å². The standard InChI is InChI=1S/C6H10N4O3/c7-5-8-3-10(6(13)9-5)1-4(12)2-11/h3-4,11-12H,1-2H2,(H2,7,9,13)/t4-/m1/s1. The summed E-state index contributed by atoms with van der Waals surface area (Å²) >= 11 is 0. The van der Waals surface area contributed by atoms with Crippen molar-refractivity contribution >= 4 is 5.95 Å². The number of hydrogen-bond donors (Lipinski definition) is 3. The first-order chi connectivity index (χ1) is 6.13. The Kier molecular flexibility index (Phi) is 2.93. The van der Waals surface area contributed by atoms with Crippen molar-refractivity contribution in [3.8, 4) is 0 Å². The lowest BCUT2D eigenvalue weighted by molar-refractivity contribution is 0.0798. The number of anilines is 1. The smallest absolute Gasteiger partial charge is 0.352 e. The highest BCUT2D eigenvalue weighted by molar-refractivity contribution is 5.09. The van der Waals surface area contributed by atoms with Crippen LogP contribution in [0.2, 0.25) is 0 Å². The van der Waals surface area contributed by atoms with E-state index in [4.69, 9.17) is 15.9 Å². The minimum atomic E-state index is -0.995. The Balaban J connectivity index is 2.84. The summed E-state index contributed by atoms with van der Waals surface area (Å²) in [6, 6.07) is 0. The van der Waals surface area contributed by atoms with E-state index in [-0.39, 0.29) is 12.5 Å². The molecular weight excluding hydrogens is 176 g/mol. The molecule has 0 aliphatic carbocycles. The van der Waals surface area contributed by atoms with Crippen molar-refractivity contribution in [3.63, 3.8) is 0 Å². The van der Waals surface area contributed by atoms with E-state index < -0.39 is 18.4 Å². The van der Waals surface area contributed by atoms with Gasteiger partial charge in [-0.05, 0) is 0 Å². The summed E-state index contributed by atoms with van der Waals surface area (Å²) in [7, 11) is 0. The normalized spacial score (nSPS) is 12.8. The Hall–Kier alpha value is -1.47. The van der Waals surface area contributed by atoms with Gasteiger partial charge in [-0.25, -0.2) is 9.78 Å². The monoisotopic (exact) mass is 186 g/mol. The van der Waals surface area contributed by atoms with E-state index in [0.717, 1.165) is 4.57 Å². The van der Waals surface area contributed by atoms with Crippen molar-refractivity contribution in [3.05, 3.63) is 16.8 Å². The lowest BCUT2D eigenvalue weighted by Gasteiger charge is -2.07. The van der Waals surface area contributed by atoms with Crippen LogP contribution in [0.25, 0.3) is 0 Å². The van der Waals surface area contributed by atoms with Crippen LogP contribution in [0.1, 0.15) is 0 Å². The molecule has 0 saturated heterocycles. The van der Waals surface area contributed by atoms with Gasteiger partial charge in [-0.15, -0.1) is 0 Å². The molecule has 7 heteroatoms. The third kappa shape index (κ3) is 2.49. The first-order valence-electron chi connectivity index (χ1n) is 3.61. The van der Waals surface area contributed by atoms with E-state index in [1.54, 1.807) is 0 Å². The minimum Gasteiger partial charge on any atom is -0.394 e. The molecule has 13 heavy (non-hydrogen) atoms. The van der Waals surface area contributed by atoms with Crippen molar-refractivity contribution < 1.29 is 10.2 Å². The molecule has 0 radical (unpaired) electrons. The average molecular weight is 186 g/mol. The SMILES string of the molecule is Nc1ncn(C[C@@H](O)CO)c(=O)n1. The minimum absolute atomic E-state index is 0.0460. The van der Waals surface area contributed by atoms with Gasteiger partial charge in [0.15, 0.2) is 0 Å². The van der Waals surface area contributed by atoms with Crippen LogP contribution in [0.5, 0.6) is 0 Å². The van der Waals surface area contributed by atoms with Crippen LogP contribution in [0.4, 0.5) is 5.95 Å². The van der Waals surface area contributed by atoms with Gasteiger partial charge in [0.2, 0.25) is 5.95 Å². The van der Waals surface area contributed by atoms with Crippen LogP contribution in [-0.2, 0) is 6.54 Å². The lowest BCUT2D eigenvalue weighted by atomic mass is 10.4. The van der Waals surface area contributed by atoms with E-state index in [2.05, 4.69) is 9.97 Å². The molecule has 1 heterocycles. The zero-order valence-electron chi connectivity index (χ0n) is 6.79. The number of nitrogens with zero attached hydrogens (tertiary/aromatic N) is 3. The quantitative estimate of drug-likeness (QED) is 0.483. The third-order valence-corrected chi connectivity index (χ3v) is 1.40. The highest BCUT2D eigenvalue weighted by Gasteiger charge is 2.05. The van der Waals surface area contributed by atoms with Crippen molar-refractivity contribution in [2.45, 2.75) is 12.6 Å². The summed E-state index contributed by atoms with van der Waals surface area (Å²) in [6.45, 7) is -0.466. The second-order valence-corrected chi connectivity index (χ2v) is 2.49. The fourth-order valence-electron chi connectivity index (χ4n) is 0.779. The van der Waals surface area contributed by atoms with Gasteiger partial charge < -0.3 is 15.9 Å². The van der Waals surface area contributed by atoms with Crippen molar-refractivity contribution in [1.82, 2.24) is 14.5 Å². The molecule has 1 aromatic heterocycles. The lowest BCUT2D eigenvalue weighted by Crippen LogP contribution is -2.30. The predicted octanol–water partition coefficient (Wildman–Crippen LogP) is -2.43. The molecule has 1 atom stereocenters. The molecule has 7 nitrogen and oxygen atoms in total. The molecule has 0 bridgehead atoms. The van der Waals surface area contributed by atoms with Gasteiger partial charge in [-0.1, -0.05) is 0 Å². The third-order valence-electron chi connectivity index (χ3n) is 1.40. The molecule has 1 rings (SSSR count). The van der Waals surface area contributed by atoms with Gasteiger partial charge in [0.25, 0.3) is 0 Å². The van der Waals surface area contributed by atoms with Crippen molar-refractivity contribution in [2.75, 3.05) is 12.3 Å². The zero-order chi connectivity index (χ0) is 9.84. The molecule has 0 spiro atoms. The predicted molar refractivity (Wildman–Crippen MR) is 43.8 cm³/mol. The van der Waals surface area contributed by atoms with E-state index in [1.807, 2.05) is 0 Å². The molecule has 0 aliphatic rings. The van der Waals surface area contributed by atoms with Gasteiger partial charge in [0.1, 0.15) is 6.33 Å². The van der Waals surface area contributed by atoms with Gasteiger partial charge in [0.05, 0.1) is 19.3 Å². The Morgan fingerprint density at radius 1 is 1.69 bits per heavy atom. The molecule has 0 amide bonds. The van der Waals surface area contributed by atoms with Crippen LogP contribution >= 0.6 is 0 Å². The maximum atomic E-state index is 11.0. The molecule has 1 aromatic rings. The zero-order valence-corrected chi connectivity index (χ0v) is 6.79. The number of nitrogen functional groups attached to an aromatic ring is 1. The average Bonchev–Trinajstić information content (AvgIpc) is 2.09. The number of nitrogens with two attached hydrogens (primary N) is 1. The maximum Gasteiger partial charge on any atom is 0.352 e. The van der Waals surface area contributed by atoms with E-state index in [0.29, 0.717) is 0 Å². The second-order valence-electron chi connectivity index (χ2n) is 2.49. The van der Waals surface area contributed by atoms with Gasteiger partial charge in [0, 0.05) is 0 Å². The Morgan fingerprint density at radius 3 is 2.92 bits per heavy atom. The van der Waals surface area contributed by atoms with Gasteiger partial charge in [-0.3, -0.25) is 4.57 Å². The van der Waals surface area contributed by atoms with E-state index in [1.165, 1.54) is 6.33 Å². The first-order valence-corrected chi connectivity index (χ1v) is 3.61. The Bertz CT molecular complexity index is 337. The van der Waals surface area contributed by atoms with Crippen molar-refractivity contribution in [2.24, 2.45) is 0 Å². The fraction of sp³-hybridized carbons (Fsp3) is 0.500. The topological polar surface area (TPSA) is 114 Å². The maximum absolute atomic E-state index is 11.0. The summed E-state index contributed by atoms with van der Waals surface area (Å²) in [4.78, 5) is 17.9. The summed E-state index contributed by atoms with van der Waals surface area (Å²) < 4.78 is 1.07. The van der Waals surface area contributed by atoms with E-state index in [9.17, 15) is 4.79 Å².